The largest absolute Gasteiger partial charge is 0.375 e. The number of hydrogen-bond donors (Lipinski definition) is 0. The Labute approximate surface area is 150 Å². The van der Waals surface area contributed by atoms with Crippen molar-refractivity contribution in [2.75, 3.05) is 32.3 Å². The van der Waals surface area contributed by atoms with Crippen LogP contribution < -0.4 is 0 Å². The van der Waals surface area contributed by atoms with Crippen LogP contribution in [0.2, 0.25) is 0 Å². The summed E-state index contributed by atoms with van der Waals surface area (Å²) in [4.78, 5) is 11.0. The highest BCUT2D eigenvalue weighted by Gasteiger charge is 2.32. The van der Waals surface area contributed by atoms with E-state index < -0.39 is 10.0 Å². The van der Waals surface area contributed by atoms with E-state index in [1.165, 1.54) is 0 Å². The number of rotatable bonds is 3. The van der Waals surface area contributed by atoms with Gasteiger partial charge in [0.05, 0.1) is 11.4 Å². The third kappa shape index (κ3) is 3.13. The molecule has 1 atom stereocenters. The number of nitrogens with zero attached hydrogens (tertiary/aromatic N) is 3. The van der Waals surface area contributed by atoms with E-state index in [1.807, 2.05) is 19.1 Å². The van der Waals surface area contributed by atoms with Gasteiger partial charge in [-0.1, -0.05) is 6.07 Å². The first kappa shape index (κ1) is 16.5. The SMILES string of the molecule is Cc1cc(F)cc2ccc(CCN3C=C4CN(C)C=CS4(C)C3)nc12. The predicted octanol–water partition coefficient (Wildman–Crippen LogP) is 4.19. The van der Waals surface area contributed by atoms with Gasteiger partial charge in [0.25, 0.3) is 0 Å². The highest BCUT2D eigenvalue weighted by atomic mass is 32.3. The molecule has 0 radical (unpaired) electrons. The maximum atomic E-state index is 13.5. The zero-order valence-electron chi connectivity index (χ0n) is 15.0. The van der Waals surface area contributed by atoms with Crippen LogP contribution in [0.3, 0.4) is 0 Å². The summed E-state index contributed by atoms with van der Waals surface area (Å²) in [7, 11) is 1.35. The number of aryl methyl sites for hydroxylation is 1. The van der Waals surface area contributed by atoms with E-state index in [1.54, 1.807) is 17.0 Å². The molecule has 25 heavy (non-hydrogen) atoms. The molecule has 2 aliphatic heterocycles. The van der Waals surface area contributed by atoms with E-state index in [-0.39, 0.29) is 5.82 Å². The standard InChI is InChI=1S/C20H24FN3S/c1-15-10-17(21)11-16-4-5-18(22-20(15)16)6-7-24-13-19-12-23(2)8-9-25(19,3)14-24/h4-5,8-11,13H,6-7,12,14H2,1-3H3. The molecule has 3 heterocycles. The number of benzene rings is 1. The van der Waals surface area contributed by atoms with Gasteiger partial charge in [-0.3, -0.25) is 4.98 Å². The van der Waals surface area contributed by atoms with Crippen molar-refractivity contribution in [3.05, 3.63) is 64.1 Å². The fourth-order valence-corrected chi connectivity index (χ4v) is 6.26. The zero-order chi connectivity index (χ0) is 17.6. The Balaban J connectivity index is 1.49. The molecule has 0 aliphatic carbocycles. The van der Waals surface area contributed by atoms with Gasteiger partial charge >= 0.3 is 0 Å². The minimum atomic E-state index is -0.776. The minimum absolute atomic E-state index is 0.194. The van der Waals surface area contributed by atoms with Crippen LogP contribution in [0.4, 0.5) is 4.39 Å². The van der Waals surface area contributed by atoms with Gasteiger partial charge in [-0.05, 0) is 42.4 Å². The third-order valence-electron chi connectivity index (χ3n) is 5.04. The third-order valence-corrected chi connectivity index (χ3v) is 8.06. The van der Waals surface area contributed by atoms with Crippen LogP contribution >= 0.6 is 10.0 Å². The number of fused-ring (bicyclic) bond motifs is 2. The van der Waals surface area contributed by atoms with Gasteiger partial charge in [-0.2, -0.15) is 10.0 Å². The molecule has 0 saturated carbocycles. The van der Waals surface area contributed by atoms with Crippen LogP contribution in [0, 0.1) is 12.7 Å². The van der Waals surface area contributed by atoms with Gasteiger partial charge in [0.2, 0.25) is 0 Å². The van der Waals surface area contributed by atoms with Gasteiger partial charge < -0.3 is 9.80 Å². The second-order valence-corrected chi connectivity index (χ2v) is 10.6. The van der Waals surface area contributed by atoms with E-state index in [4.69, 9.17) is 4.98 Å². The molecule has 0 bridgehead atoms. The van der Waals surface area contributed by atoms with Gasteiger partial charge in [0, 0.05) is 54.9 Å². The first-order valence-electron chi connectivity index (χ1n) is 8.58. The molecule has 1 aromatic carbocycles. The van der Waals surface area contributed by atoms with Gasteiger partial charge in [-0.15, -0.1) is 0 Å². The average Bonchev–Trinajstić information content (AvgIpc) is 2.89. The molecular formula is C20H24FN3S. The molecule has 1 unspecified atom stereocenters. The zero-order valence-corrected chi connectivity index (χ0v) is 15.8. The Bertz CT molecular complexity index is 892. The van der Waals surface area contributed by atoms with E-state index in [2.05, 4.69) is 40.9 Å². The van der Waals surface area contributed by atoms with Crippen molar-refractivity contribution in [1.82, 2.24) is 14.8 Å². The maximum absolute atomic E-state index is 13.5. The fraction of sp³-hybridized carbons (Fsp3) is 0.350. The van der Waals surface area contributed by atoms with E-state index in [0.29, 0.717) is 0 Å². The van der Waals surface area contributed by atoms with Crippen molar-refractivity contribution in [2.45, 2.75) is 13.3 Å². The molecular weight excluding hydrogens is 333 g/mol. The lowest BCUT2D eigenvalue weighted by Gasteiger charge is -2.37. The van der Waals surface area contributed by atoms with Crippen molar-refractivity contribution in [3.8, 4) is 0 Å². The van der Waals surface area contributed by atoms with Crippen molar-refractivity contribution in [2.24, 2.45) is 0 Å². The van der Waals surface area contributed by atoms with E-state index in [0.717, 1.165) is 47.5 Å². The molecule has 2 aliphatic rings. The summed E-state index contributed by atoms with van der Waals surface area (Å²) in [6.07, 6.45) is 7.89. The highest BCUT2D eigenvalue weighted by Crippen LogP contribution is 2.59. The summed E-state index contributed by atoms with van der Waals surface area (Å²) >= 11 is 0. The monoisotopic (exact) mass is 357 g/mol. The highest BCUT2D eigenvalue weighted by molar-refractivity contribution is 8.38. The summed E-state index contributed by atoms with van der Waals surface area (Å²) in [5, 5.41) is 3.27. The average molecular weight is 357 g/mol. The second kappa shape index (κ2) is 6.06. The normalized spacial score (nSPS) is 25.0. The lowest BCUT2D eigenvalue weighted by atomic mass is 10.1. The van der Waals surface area contributed by atoms with E-state index in [9.17, 15) is 4.39 Å². The lowest BCUT2D eigenvalue weighted by Crippen LogP contribution is -2.22. The Morgan fingerprint density at radius 2 is 2.12 bits per heavy atom. The molecule has 0 N–H and O–H groups in total. The number of likely N-dealkylation sites (N-methyl/N-ethyl adjacent to an activating group) is 1. The Morgan fingerprint density at radius 1 is 1.28 bits per heavy atom. The summed E-state index contributed by atoms with van der Waals surface area (Å²) in [5.74, 6) is 0.921. The van der Waals surface area contributed by atoms with Crippen molar-refractivity contribution < 1.29 is 4.39 Å². The smallest absolute Gasteiger partial charge is 0.124 e. The van der Waals surface area contributed by atoms with Crippen molar-refractivity contribution in [3.63, 3.8) is 0 Å². The molecule has 0 saturated heterocycles. The van der Waals surface area contributed by atoms with Gasteiger partial charge in [-0.25, -0.2) is 4.39 Å². The second-order valence-electron chi connectivity index (χ2n) is 7.24. The summed E-state index contributed by atoms with van der Waals surface area (Å²) in [6.45, 7) is 3.94. The number of pyridine rings is 1. The minimum Gasteiger partial charge on any atom is -0.375 e. The Morgan fingerprint density at radius 3 is 2.96 bits per heavy atom. The predicted molar refractivity (Wildman–Crippen MR) is 105 cm³/mol. The molecule has 4 rings (SSSR count). The molecule has 5 heteroatoms. The summed E-state index contributed by atoms with van der Waals surface area (Å²) in [5.41, 5.74) is 2.88. The lowest BCUT2D eigenvalue weighted by molar-refractivity contribution is 0.443. The topological polar surface area (TPSA) is 19.4 Å². The van der Waals surface area contributed by atoms with E-state index >= 15 is 0 Å². The van der Waals surface area contributed by atoms with Crippen LogP contribution in [0.5, 0.6) is 0 Å². The Kier molecular flexibility index (Phi) is 3.99. The number of hydrogen-bond acceptors (Lipinski definition) is 3. The van der Waals surface area contributed by atoms with Crippen LogP contribution in [0.1, 0.15) is 11.3 Å². The molecule has 2 aromatic rings. The number of halogens is 1. The first-order chi connectivity index (χ1) is 11.9. The van der Waals surface area contributed by atoms with Crippen LogP contribution in [0.15, 0.2) is 47.0 Å². The maximum Gasteiger partial charge on any atom is 0.124 e. The van der Waals surface area contributed by atoms with Crippen molar-refractivity contribution in [1.29, 1.82) is 0 Å². The van der Waals surface area contributed by atoms with Crippen LogP contribution in [-0.2, 0) is 6.42 Å². The molecule has 0 amide bonds. The molecule has 0 fully saturated rings. The fourth-order valence-electron chi connectivity index (χ4n) is 3.58. The quantitative estimate of drug-likeness (QED) is 0.821. The molecule has 1 aromatic heterocycles. The van der Waals surface area contributed by atoms with Crippen LogP contribution in [-0.4, -0.2) is 47.1 Å². The summed E-state index contributed by atoms with van der Waals surface area (Å²) in [6, 6.07) is 7.13. The molecule has 132 valence electrons. The van der Waals surface area contributed by atoms with Gasteiger partial charge in [0.15, 0.2) is 0 Å². The molecule has 3 nitrogen and oxygen atoms in total. The number of aromatic nitrogens is 1. The van der Waals surface area contributed by atoms with Crippen LogP contribution in [0.25, 0.3) is 10.9 Å². The molecule has 0 spiro atoms. The van der Waals surface area contributed by atoms with Gasteiger partial charge in [0.1, 0.15) is 5.82 Å². The first-order valence-corrected chi connectivity index (χ1v) is 10.9. The summed E-state index contributed by atoms with van der Waals surface area (Å²) < 4.78 is 13.5. The Hall–Kier alpha value is -2.01. The van der Waals surface area contributed by atoms with Crippen molar-refractivity contribution >= 4 is 20.9 Å².